The number of anilines is 1. The third-order valence-electron chi connectivity index (χ3n) is 4.88. The van der Waals surface area contributed by atoms with Crippen molar-refractivity contribution in [3.63, 3.8) is 0 Å². The van der Waals surface area contributed by atoms with Gasteiger partial charge in [0, 0.05) is 21.3 Å². The molecule has 10 heteroatoms. The number of nitriles is 1. The van der Waals surface area contributed by atoms with Crippen LogP contribution in [0.2, 0.25) is 10.0 Å². The summed E-state index contributed by atoms with van der Waals surface area (Å²) >= 11 is 15.6. The van der Waals surface area contributed by atoms with Crippen molar-refractivity contribution in [1.29, 1.82) is 5.26 Å². The van der Waals surface area contributed by atoms with Crippen molar-refractivity contribution < 1.29 is 23.8 Å². The van der Waals surface area contributed by atoms with Gasteiger partial charge in [-0.05, 0) is 76.1 Å². The zero-order valence-corrected chi connectivity index (χ0v) is 22.2. The Hall–Kier alpha value is -3.51. The van der Waals surface area contributed by atoms with Crippen molar-refractivity contribution in [3.8, 4) is 17.6 Å². The van der Waals surface area contributed by atoms with E-state index in [0.717, 1.165) is 5.56 Å². The van der Waals surface area contributed by atoms with Crippen LogP contribution in [0.1, 0.15) is 21.5 Å². The minimum atomic E-state index is -0.615. The smallest absolute Gasteiger partial charge is 0.337 e. The fourth-order valence-electron chi connectivity index (χ4n) is 3.07. The van der Waals surface area contributed by atoms with Crippen molar-refractivity contribution in [1.82, 2.24) is 0 Å². The molecule has 1 amide bonds. The van der Waals surface area contributed by atoms with E-state index in [2.05, 4.69) is 26.0 Å². The van der Waals surface area contributed by atoms with Crippen molar-refractivity contribution in [2.45, 2.75) is 6.61 Å². The van der Waals surface area contributed by atoms with Gasteiger partial charge in [0.15, 0.2) is 11.5 Å². The number of ether oxygens (including phenoxy) is 3. The molecule has 0 spiro atoms. The summed E-state index contributed by atoms with van der Waals surface area (Å²) in [5, 5.41) is 13.2. The first-order valence-corrected chi connectivity index (χ1v) is 11.9. The van der Waals surface area contributed by atoms with Crippen molar-refractivity contribution in [3.05, 3.63) is 91.4 Å². The first-order chi connectivity index (χ1) is 17.2. The molecule has 0 fully saturated rings. The van der Waals surface area contributed by atoms with Crippen LogP contribution in [0, 0.1) is 11.3 Å². The van der Waals surface area contributed by atoms with Gasteiger partial charge in [0.2, 0.25) is 0 Å². The Morgan fingerprint density at radius 1 is 1.08 bits per heavy atom. The molecule has 1 N–H and O–H groups in total. The fraction of sp³-hybridized carbons (Fsp3) is 0.115. The lowest BCUT2D eigenvalue weighted by Crippen LogP contribution is -2.13. The fourth-order valence-corrected chi connectivity index (χ4v) is 4.11. The van der Waals surface area contributed by atoms with Gasteiger partial charge in [-0.25, -0.2) is 4.79 Å². The average Bonchev–Trinajstić information content (AvgIpc) is 2.87. The molecule has 7 nitrogen and oxygen atoms in total. The molecule has 3 rings (SSSR count). The number of halogens is 3. The number of nitrogens with one attached hydrogen (secondary N) is 1. The summed E-state index contributed by atoms with van der Waals surface area (Å²) in [7, 11) is 2.76. The van der Waals surface area contributed by atoms with E-state index in [4.69, 9.17) is 32.7 Å². The summed E-state index contributed by atoms with van der Waals surface area (Å²) in [5.41, 5.74) is 1.88. The topological polar surface area (TPSA) is 97.7 Å². The van der Waals surface area contributed by atoms with Crippen LogP contribution in [-0.4, -0.2) is 26.1 Å². The number of carbonyl (C=O) groups excluding carboxylic acids is 2. The van der Waals surface area contributed by atoms with Gasteiger partial charge in [-0.15, -0.1) is 0 Å². The van der Waals surface area contributed by atoms with Gasteiger partial charge in [0.25, 0.3) is 5.91 Å². The second-order valence-electron chi connectivity index (χ2n) is 7.25. The molecule has 0 atom stereocenters. The van der Waals surface area contributed by atoms with E-state index in [1.165, 1.54) is 44.6 Å². The molecular formula is C26H19BrCl2N2O5. The van der Waals surface area contributed by atoms with Gasteiger partial charge in [-0.2, -0.15) is 5.26 Å². The number of amides is 1. The first kappa shape index (κ1) is 27.1. The summed E-state index contributed by atoms with van der Waals surface area (Å²) < 4.78 is 16.6. The Bertz CT molecular complexity index is 1370. The molecule has 184 valence electrons. The molecule has 0 aromatic heterocycles. The highest BCUT2D eigenvalue weighted by Crippen LogP contribution is 2.38. The van der Waals surface area contributed by atoms with Crippen molar-refractivity contribution >= 4 is 62.8 Å². The Morgan fingerprint density at radius 3 is 2.42 bits per heavy atom. The molecule has 0 bridgehead atoms. The zero-order valence-electron chi connectivity index (χ0n) is 19.1. The number of methoxy groups -OCH3 is 2. The number of rotatable bonds is 8. The van der Waals surface area contributed by atoms with E-state index in [-0.39, 0.29) is 12.2 Å². The maximum atomic E-state index is 12.7. The predicted octanol–water partition coefficient (Wildman–Crippen LogP) is 6.68. The van der Waals surface area contributed by atoms with E-state index in [0.29, 0.717) is 42.8 Å². The monoisotopic (exact) mass is 588 g/mol. The second-order valence-corrected chi connectivity index (χ2v) is 8.95. The molecule has 3 aromatic carbocycles. The minimum absolute atomic E-state index is 0.136. The van der Waals surface area contributed by atoms with Crippen LogP contribution in [0.25, 0.3) is 6.08 Å². The van der Waals surface area contributed by atoms with Crippen LogP contribution in [-0.2, 0) is 16.1 Å². The zero-order chi connectivity index (χ0) is 26.2. The standard InChI is InChI=1S/C26H19BrCl2N2O5/c1-34-23-11-15(10-21(27)24(23)36-14-17-3-6-19(28)12-22(17)29)9-18(13-30)25(32)31-20-7-4-16(5-8-20)26(33)35-2/h3-12H,14H2,1-2H3,(H,31,32)/b18-9+. The Labute approximate surface area is 226 Å². The van der Waals surface area contributed by atoms with Gasteiger partial charge < -0.3 is 19.5 Å². The second kappa shape index (κ2) is 12.5. The molecule has 0 aliphatic carbocycles. The van der Waals surface area contributed by atoms with Crippen LogP contribution < -0.4 is 14.8 Å². The maximum Gasteiger partial charge on any atom is 0.337 e. The molecule has 0 unspecified atom stereocenters. The lowest BCUT2D eigenvalue weighted by atomic mass is 10.1. The molecular weight excluding hydrogens is 571 g/mol. The molecule has 36 heavy (non-hydrogen) atoms. The van der Waals surface area contributed by atoms with Crippen LogP contribution in [0.15, 0.2) is 64.6 Å². The van der Waals surface area contributed by atoms with E-state index >= 15 is 0 Å². The van der Waals surface area contributed by atoms with Crippen LogP contribution in [0.4, 0.5) is 5.69 Å². The number of nitrogens with zero attached hydrogens (tertiary/aromatic N) is 1. The molecule has 0 heterocycles. The lowest BCUT2D eigenvalue weighted by molar-refractivity contribution is -0.112. The van der Waals surface area contributed by atoms with Crippen LogP contribution in [0.5, 0.6) is 11.5 Å². The van der Waals surface area contributed by atoms with Crippen LogP contribution >= 0.6 is 39.1 Å². The number of esters is 1. The number of benzene rings is 3. The SMILES string of the molecule is COC(=O)c1ccc(NC(=O)/C(C#N)=C/c2cc(Br)c(OCc3ccc(Cl)cc3Cl)c(OC)c2)cc1. The van der Waals surface area contributed by atoms with E-state index in [1.807, 2.05) is 6.07 Å². The third-order valence-corrected chi connectivity index (χ3v) is 6.05. The number of carbonyl (C=O) groups is 2. The average molecular weight is 590 g/mol. The number of hydrogen-bond donors (Lipinski definition) is 1. The molecule has 0 radical (unpaired) electrons. The highest BCUT2D eigenvalue weighted by molar-refractivity contribution is 9.10. The third kappa shape index (κ3) is 6.79. The highest BCUT2D eigenvalue weighted by atomic mass is 79.9. The summed E-state index contributed by atoms with van der Waals surface area (Å²) in [5.74, 6) is -0.295. The minimum Gasteiger partial charge on any atom is -0.493 e. The summed E-state index contributed by atoms with van der Waals surface area (Å²) in [6.45, 7) is 0.167. The molecule has 0 aliphatic rings. The van der Waals surface area contributed by atoms with Gasteiger partial charge in [-0.1, -0.05) is 29.3 Å². The summed E-state index contributed by atoms with van der Waals surface area (Å²) in [6.07, 6.45) is 1.42. The number of hydrogen-bond acceptors (Lipinski definition) is 6. The Morgan fingerprint density at radius 2 is 1.81 bits per heavy atom. The van der Waals surface area contributed by atoms with Gasteiger partial charge in [0.05, 0.1) is 24.3 Å². The summed E-state index contributed by atoms with van der Waals surface area (Å²) in [4.78, 5) is 24.2. The lowest BCUT2D eigenvalue weighted by Gasteiger charge is -2.14. The quantitative estimate of drug-likeness (QED) is 0.179. The molecule has 0 saturated heterocycles. The van der Waals surface area contributed by atoms with Crippen molar-refractivity contribution in [2.75, 3.05) is 19.5 Å². The van der Waals surface area contributed by atoms with E-state index in [9.17, 15) is 14.9 Å². The Kier molecular flexibility index (Phi) is 9.37. The first-order valence-electron chi connectivity index (χ1n) is 10.3. The van der Waals surface area contributed by atoms with Crippen molar-refractivity contribution in [2.24, 2.45) is 0 Å². The highest BCUT2D eigenvalue weighted by Gasteiger charge is 2.15. The Balaban J connectivity index is 1.79. The van der Waals surface area contributed by atoms with Gasteiger partial charge in [0.1, 0.15) is 18.2 Å². The van der Waals surface area contributed by atoms with E-state index < -0.39 is 11.9 Å². The summed E-state index contributed by atoms with van der Waals surface area (Å²) in [6, 6.07) is 16.4. The normalized spacial score (nSPS) is 10.8. The van der Waals surface area contributed by atoms with Crippen LogP contribution in [0.3, 0.4) is 0 Å². The largest absolute Gasteiger partial charge is 0.493 e. The molecule has 3 aromatic rings. The van der Waals surface area contributed by atoms with Gasteiger partial charge >= 0.3 is 5.97 Å². The maximum absolute atomic E-state index is 12.7. The van der Waals surface area contributed by atoms with Gasteiger partial charge in [-0.3, -0.25) is 4.79 Å². The van der Waals surface area contributed by atoms with E-state index in [1.54, 1.807) is 30.3 Å². The predicted molar refractivity (Wildman–Crippen MR) is 141 cm³/mol. The molecule has 0 saturated carbocycles. The molecule has 0 aliphatic heterocycles.